The lowest BCUT2D eigenvalue weighted by Crippen LogP contribution is -2.41. The van der Waals surface area contributed by atoms with Gasteiger partial charge in [-0.2, -0.15) is 0 Å². The quantitative estimate of drug-likeness (QED) is 0.893. The molecule has 5 heteroatoms. The fourth-order valence-electron chi connectivity index (χ4n) is 2.30. The number of carbonyl (C=O) groups is 1. The molecule has 1 aliphatic rings. The van der Waals surface area contributed by atoms with E-state index in [9.17, 15) is 9.18 Å². The zero-order valence-electron chi connectivity index (χ0n) is 11.3. The topological polar surface area (TPSA) is 41.6 Å². The third-order valence-corrected chi connectivity index (χ3v) is 3.36. The maximum Gasteiger partial charge on any atom is 0.321 e. The monoisotopic (exact) mass is 266 g/mol. The van der Waals surface area contributed by atoms with E-state index in [1.54, 1.807) is 4.90 Å². The summed E-state index contributed by atoms with van der Waals surface area (Å²) < 4.78 is 18.6. The first-order valence-electron chi connectivity index (χ1n) is 6.49. The van der Waals surface area contributed by atoms with Crippen LogP contribution in [0.3, 0.4) is 0 Å². The van der Waals surface area contributed by atoms with Crippen molar-refractivity contribution in [1.82, 2.24) is 4.90 Å². The maximum atomic E-state index is 13.6. The van der Waals surface area contributed by atoms with E-state index in [0.29, 0.717) is 11.7 Å². The molecule has 1 fully saturated rings. The number of benzene rings is 1. The number of hydrogen-bond donors (Lipinski definition) is 1. The maximum absolute atomic E-state index is 13.6. The summed E-state index contributed by atoms with van der Waals surface area (Å²) in [5, 5.41) is 2.61. The highest BCUT2D eigenvalue weighted by Gasteiger charge is 2.21. The van der Waals surface area contributed by atoms with Crippen LogP contribution in [0.2, 0.25) is 0 Å². The highest BCUT2D eigenvalue weighted by molar-refractivity contribution is 5.89. The minimum Gasteiger partial charge on any atom is -0.497 e. The molecule has 2 amide bonds. The Kier molecular flexibility index (Phi) is 4.24. The first kappa shape index (κ1) is 13.6. The van der Waals surface area contributed by atoms with E-state index in [0.717, 1.165) is 25.9 Å². The lowest BCUT2D eigenvalue weighted by molar-refractivity contribution is 0.182. The molecule has 0 saturated carbocycles. The minimum absolute atomic E-state index is 0.155. The van der Waals surface area contributed by atoms with E-state index >= 15 is 0 Å². The minimum atomic E-state index is -0.459. The van der Waals surface area contributed by atoms with Crippen LogP contribution < -0.4 is 10.1 Å². The predicted molar refractivity (Wildman–Crippen MR) is 71.9 cm³/mol. The van der Waals surface area contributed by atoms with E-state index in [4.69, 9.17) is 4.74 Å². The Morgan fingerprint density at radius 3 is 3.00 bits per heavy atom. The van der Waals surface area contributed by atoms with Gasteiger partial charge in [-0.15, -0.1) is 0 Å². The van der Waals surface area contributed by atoms with Crippen molar-refractivity contribution in [2.24, 2.45) is 5.92 Å². The van der Waals surface area contributed by atoms with Crippen LogP contribution in [0.5, 0.6) is 5.75 Å². The van der Waals surface area contributed by atoms with E-state index in [1.807, 2.05) is 0 Å². The van der Waals surface area contributed by atoms with E-state index in [2.05, 4.69) is 12.2 Å². The second-order valence-corrected chi connectivity index (χ2v) is 4.97. The summed E-state index contributed by atoms with van der Waals surface area (Å²) in [5.41, 5.74) is 0.155. The summed E-state index contributed by atoms with van der Waals surface area (Å²) in [6.45, 7) is 3.56. The fraction of sp³-hybridized carbons (Fsp3) is 0.500. The molecule has 104 valence electrons. The second-order valence-electron chi connectivity index (χ2n) is 4.97. The van der Waals surface area contributed by atoms with E-state index in [-0.39, 0.29) is 11.7 Å². The van der Waals surface area contributed by atoms with Crippen molar-refractivity contribution in [3.63, 3.8) is 0 Å². The van der Waals surface area contributed by atoms with Crippen LogP contribution in [-0.4, -0.2) is 31.1 Å². The molecule has 1 unspecified atom stereocenters. The zero-order chi connectivity index (χ0) is 13.8. The summed E-state index contributed by atoms with van der Waals surface area (Å²) in [6.07, 6.45) is 2.13. The number of nitrogens with zero attached hydrogens (tertiary/aromatic N) is 1. The molecule has 4 nitrogen and oxygen atoms in total. The summed E-state index contributed by atoms with van der Waals surface area (Å²) >= 11 is 0. The number of rotatable bonds is 2. The molecular formula is C14H19FN2O2. The first-order valence-corrected chi connectivity index (χ1v) is 6.49. The van der Waals surface area contributed by atoms with Crippen molar-refractivity contribution in [3.8, 4) is 5.75 Å². The lowest BCUT2D eigenvalue weighted by atomic mass is 10.0. The van der Waals surface area contributed by atoms with Crippen LogP contribution in [0.25, 0.3) is 0 Å². The van der Waals surface area contributed by atoms with Crippen molar-refractivity contribution in [3.05, 3.63) is 24.0 Å². The molecule has 1 heterocycles. The molecule has 1 atom stereocenters. The Balaban J connectivity index is 2.05. The molecule has 0 spiro atoms. The second kappa shape index (κ2) is 5.91. The van der Waals surface area contributed by atoms with Gasteiger partial charge in [-0.05, 0) is 30.9 Å². The molecule has 1 N–H and O–H groups in total. The number of methoxy groups -OCH3 is 1. The van der Waals surface area contributed by atoms with Crippen molar-refractivity contribution in [2.75, 3.05) is 25.5 Å². The molecular weight excluding hydrogens is 247 g/mol. The van der Waals surface area contributed by atoms with Crippen molar-refractivity contribution < 1.29 is 13.9 Å². The molecule has 1 saturated heterocycles. The number of carbonyl (C=O) groups excluding carboxylic acids is 1. The van der Waals surface area contributed by atoms with Gasteiger partial charge >= 0.3 is 6.03 Å². The van der Waals surface area contributed by atoms with E-state index < -0.39 is 5.82 Å². The first-order chi connectivity index (χ1) is 9.10. The summed E-state index contributed by atoms with van der Waals surface area (Å²) in [4.78, 5) is 13.8. The van der Waals surface area contributed by atoms with Crippen LogP contribution in [0.15, 0.2) is 18.2 Å². The Morgan fingerprint density at radius 1 is 1.53 bits per heavy atom. The van der Waals surface area contributed by atoms with Gasteiger partial charge in [0.15, 0.2) is 0 Å². The molecule has 0 aromatic heterocycles. The largest absolute Gasteiger partial charge is 0.497 e. The molecule has 0 bridgehead atoms. The van der Waals surface area contributed by atoms with Gasteiger partial charge in [0.25, 0.3) is 0 Å². The number of hydrogen-bond acceptors (Lipinski definition) is 2. The normalized spacial score (nSPS) is 19.1. The van der Waals surface area contributed by atoms with Gasteiger partial charge < -0.3 is 15.0 Å². The number of nitrogens with one attached hydrogen (secondary N) is 1. The molecule has 1 aliphatic heterocycles. The van der Waals surface area contributed by atoms with Crippen LogP contribution >= 0.6 is 0 Å². The third-order valence-electron chi connectivity index (χ3n) is 3.36. The SMILES string of the molecule is COc1ccc(F)c(NC(=O)N2CCCC(C)C2)c1. The predicted octanol–water partition coefficient (Wildman–Crippen LogP) is 3.10. The number of anilines is 1. The number of ether oxygens (including phenoxy) is 1. The van der Waals surface area contributed by atoms with Crippen LogP contribution in [0.4, 0.5) is 14.9 Å². The number of likely N-dealkylation sites (tertiary alicyclic amines) is 1. The standard InChI is InChI=1S/C14H19FN2O2/c1-10-4-3-7-17(9-10)14(18)16-13-8-11(19-2)5-6-12(13)15/h5-6,8,10H,3-4,7,9H2,1-2H3,(H,16,18). The van der Waals surface area contributed by atoms with Gasteiger partial charge in [0, 0.05) is 19.2 Å². The lowest BCUT2D eigenvalue weighted by Gasteiger charge is -2.31. The van der Waals surface area contributed by atoms with Crippen molar-refractivity contribution in [1.29, 1.82) is 0 Å². The molecule has 1 aromatic rings. The Labute approximate surface area is 112 Å². The average Bonchev–Trinajstić information content (AvgIpc) is 2.41. The summed E-state index contributed by atoms with van der Waals surface area (Å²) in [6, 6.07) is 4.04. The summed E-state index contributed by atoms with van der Waals surface area (Å²) in [5.74, 6) is 0.553. The van der Waals surface area contributed by atoms with Gasteiger partial charge in [0.2, 0.25) is 0 Å². The third kappa shape index (κ3) is 3.36. The van der Waals surface area contributed by atoms with Crippen LogP contribution in [0.1, 0.15) is 19.8 Å². The molecule has 0 aliphatic carbocycles. The Hall–Kier alpha value is -1.78. The van der Waals surface area contributed by atoms with E-state index in [1.165, 1.54) is 25.3 Å². The Bertz CT molecular complexity index is 465. The van der Waals surface area contributed by atoms with Gasteiger partial charge in [-0.3, -0.25) is 0 Å². The van der Waals surface area contributed by atoms with Crippen LogP contribution in [0, 0.1) is 11.7 Å². The number of piperidine rings is 1. The number of urea groups is 1. The van der Waals surface area contributed by atoms with Crippen molar-refractivity contribution >= 4 is 11.7 Å². The van der Waals surface area contributed by atoms with Gasteiger partial charge in [-0.25, -0.2) is 9.18 Å². The fourth-order valence-corrected chi connectivity index (χ4v) is 2.30. The average molecular weight is 266 g/mol. The number of halogens is 1. The van der Waals surface area contributed by atoms with Gasteiger partial charge in [0.05, 0.1) is 12.8 Å². The van der Waals surface area contributed by atoms with Crippen LogP contribution in [-0.2, 0) is 0 Å². The smallest absolute Gasteiger partial charge is 0.321 e. The highest BCUT2D eigenvalue weighted by Crippen LogP contribution is 2.22. The molecule has 0 radical (unpaired) electrons. The van der Waals surface area contributed by atoms with Gasteiger partial charge in [0.1, 0.15) is 11.6 Å². The van der Waals surface area contributed by atoms with Gasteiger partial charge in [-0.1, -0.05) is 6.92 Å². The Morgan fingerprint density at radius 2 is 2.32 bits per heavy atom. The molecule has 1 aromatic carbocycles. The number of amides is 2. The molecule has 19 heavy (non-hydrogen) atoms. The molecule has 2 rings (SSSR count). The van der Waals surface area contributed by atoms with Crippen molar-refractivity contribution in [2.45, 2.75) is 19.8 Å². The summed E-state index contributed by atoms with van der Waals surface area (Å²) in [7, 11) is 1.51. The highest BCUT2D eigenvalue weighted by atomic mass is 19.1. The zero-order valence-corrected chi connectivity index (χ0v) is 11.3.